The number of hydrogen-bond donors (Lipinski definition) is 1. The van der Waals surface area contributed by atoms with Gasteiger partial charge in [-0.2, -0.15) is 5.10 Å². The molecule has 0 spiro atoms. The maximum absolute atomic E-state index is 5.84. The van der Waals surface area contributed by atoms with Crippen LogP contribution in [-0.2, 0) is 0 Å². The Bertz CT molecular complexity index is 546. The maximum atomic E-state index is 5.84. The normalized spacial score (nSPS) is 11.4. The Labute approximate surface area is 111 Å². The number of rotatable bonds is 3. The zero-order valence-electron chi connectivity index (χ0n) is 10.2. The second-order valence-electron chi connectivity index (χ2n) is 3.80. The van der Waals surface area contributed by atoms with Gasteiger partial charge in [-0.3, -0.25) is 5.43 Å². The second kappa shape index (κ2) is 5.60. The quantitative estimate of drug-likeness (QED) is 0.523. The Kier molecular flexibility index (Phi) is 3.89. The van der Waals surface area contributed by atoms with Crippen LogP contribution in [0.3, 0.4) is 0 Å². The fourth-order valence-corrected chi connectivity index (χ4v) is 1.70. The van der Waals surface area contributed by atoms with Crippen LogP contribution >= 0.6 is 11.6 Å². The van der Waals surface area contributed by atoms with Gasteiger partial charge in [0.25, 0.3) is 0 Å². The van der Waals surface area contributed by atoms with Crippen molar-refractivity contribution in [3.8, 4) is 0 Å². The zero-order valence-corrected chi connectivity index (χ0v) is 10.9. The summed E-state index contributed by atoms with van der Waals surface area (Å²) in [5.74, 6) is 1.19. The molecule has 1 N–H and O–H groups in total. The lowest BCUT2D eigenvalue weighted by Gasteiger charge is -2.04. The van der Waals surface area contributed by atoms with E-state index in [1.165, 1.54) is 0 Å². The first-order chi connectivity index (χ1) is 8.65. The van der Waals surface area contributed by atoms with Crippen LogP contribution in [0.5, 0.6) is 0 Å². The highest BCUT2D eigenvalue weighted by molar-refractivity contribution is 6.29. The monoisotopic (exact) mass is 260 g/mol. The van der Waals surface area contributed by atoms with Crippen molar-refractivity contribution in [3.63, 3.8) is 0 Å². The molecule has 5 heteroatoms. The molecule has 2 aromatic rings. The topological polar surface area (TPSA) is 50.2 Å². The van der Waals surface area contributed by atoms with E-state index < -0.39 is 0 Å². The van der Waals surface area contributed by atoms with Gasteiger partial charge in [-0.15, -0.1) is 0 Å². The lowest BCUT2D eigenvalue weighted by atomic mass is 10.1. The predicted molar refractivity (Wildman–Crippen MR) is 74.1 cm³/mol. The Morgan fingerprint density at radius 3 is 2.61 bits per heavy atom. The van der Waals surface area contributed by atoms with Gasteiger partial charge in [-0.1, -0.05) is 41.9 Å². The summed E-state index contributed by atoms with van der Waals surface area (Å²) in [7, 11) is 0. The van der Waals surface area contributed by atoms with Crippen LogP contribution in [0, 0.1) is 6.92 Å². The number of aryl methyl sites for hydroxylation is 1. The fourth-order valence-electron chi connectivity index (χ4n) is 1.47. The molecule has 0 aliphatic carbocycles. The molecule has 0 aliphatic rings. The molecule has 2 rings (SSSR count). The lowest BCUT2D eigenvalue weighted by Crippen LogP contribution is -2.01. The van der Waals surface area contributed by atoms with E-state index in [-0.39, 0.29) is 0 Å². The Balaban J connectivity index is 2.15. The van der Waals surface area contributed by atoms with Gasteiger partial charge in [0, 0.05) is 6.07 Å². The van der Waals surface area contributed by atoms with Crippen LogP contribution in [0.15, 0.2) is 41.5 Å². The van der Waals surface area contributed by atoms with Crippen molar-refractivity contribution in [3.05, 3.63) is 52.9 Å². The van der Waals surface area contributed by atoms with Crippen molar-refractivity contribution in [2.45, 2.75) is 13.8 Å². The molecule has 92 valence electrons. The third-order valence-corrected chi connectivity index (χ3v) is 2.53. The number of nitrogens with one attached hydrogen (secondary N) is 1. The number of halogens is 1. The van der Waals surface area contributed by atoms with Crippen LogP contribution in [0.2, 0.25) is 5.15 Å². The largest absolute Gasteiger partial charge is 0.261 e. The van der Waals surface area contributed by atoms with E-state index >= 15 is 0 Å². The molecule has 0 amide bonds. The second-order valence-corrected chi connectivity index (χ2v) is 4.19. The molecule has 0 atom stereocenters. The highest BCUT2D eigenvalue weighted by Gasteiger charge is 1.99. The number of hydrogen-bond acceptors (Lipinski definition) is 4. The van der Waals surface area contributed by atoms with Crippen molar-refractivity contribution in [1.82, 2.24) is 9.97 Å². The smallest absolute Gasteiger partial charge is 0.151 e. The van der Waals surface area contributed by atoms with Gasteiger partial charge in [0.15, 0.2) is 5.82 Å². The van der Waals surface area contributed by atoms with Crippen LogP contribution in [0.4, 0.5) is 5.82 Å². The van der Waals surface area contributed by atoms with Crippen LogP contribution < -0.4 is 5.43 Å². The fraction of sp³-hybridized carbons (Fsp3) is 0.154. The third-order valence-electron chi connectivity index (χ3n) is 2.34. The first-order valence-electron chi connectivity index (χ1n) is 5.52. The molecule has 0 radical (unpaired) electrons. The SMILES string of the molecule is C/C(=N/Nc1cc(Cl)nc(C)n1)c1ccccc1. The van der Waals surface area contributed by atoms with Crippen molar-refractivity contribution in [1.29, 1.82) is 0 Å². The first-order valence-corrected chi connectivity index (χ1v) is 5.90. The minimum absolute atomic E-state index is 0.401. The van der Waals surface area contributed by atoms with E-state index in [0.717, 1.165) is 11.3 Å². The number of benzene rings is 1. The molecule has 0 unspecified atom stereocenters. The van der Waals surface area contributed by atoms with Gasteiger partial charge >= 0.3 is 0 Å². The number of hydrazone groups is 1. The van der Waals surface area contributed by atoms with Crippen molar-refractivity contribution < 1.29 is 0 Å². The number of aromatic nitrogens is 2. The first kappa shape index (κ1) is 12.5. The summed E-state index contributed by atoms with van der Waals surface area (Å²) < 4.78 is 0. The van der Waals surface area contributed by atoms with Crippen molar-refractivity contribution >= 4 is 23.1 Å². The van der Waals surface area contributed by atoms with Crippen LogP contribution in [0.25, 0.3) is 0 Å². The third kappa shape index (κ3) is 3.28. The van der Waals surface area contributed by atoms with Crippen LogP contribution in [-0.4, -0.2) is 15.7 Å². The predicted octanol–water partition coefficient (Wildman–Crippen LogP) is 3.27. The summed E-state index contributed by atoms with van der Waals surface area (Å²) in [6, 6.07) is 11.5. The van der Waals surface area contributed by atoms with Gasteiger partial charge in [-0.25, -0.2) is 9.97 Å². The maximum Gasteiger partial charge on any atom is 0.151 e. The minimum atomic E-state index is 0.401. The van der Waals surface area contributed by atoms with Gasteiger partial charge in [-0.05, 0) is 19.4 Å². The minimum Gasteiger partial charge on any atom is -0.261 e. The molecule has 1 aromatic carbocycles. The summed E-state index contributed by atoms with van der Waals surface area (Å²) >= 11 is 5.84. The molecule has 0 saturated heterocycles. The van der Waals surface area contributed by atoms with Gasteiger partial charge < -0.3 is 0 Å². The standard InChI is InChI=1S/C13H13ClN4/c1-9(11-6-4-3-5-7-11)17-18-13-8-12(14)15-10(2)16-13/h3-8H,1-2H3,(H,15,16,18)/b17-9-. The van der Waals surface area contributed by atoms with Gasteiger partial charge in [0.05, 0.1) is 5.71 Å². The van der Waals surface area contributed by atoms with E-state index in [9.17, 15) is 0 Å². The molecule has 1 aromatic heterocycles. The average molecular weight is 261 g/mol. The Hall–Kier alpha value is -1.94. The lowest BCUT2D eigenvalue weighted by molar-refractivity contribution is 1.04. The van der Waals surface area contributed by atoms with Gasteiger partial charge in [0.2, 0.25) is 0 Å². The molecule has 0 bridgehead atoms. The van der Waals surface area contributed by atoms with E-state index in [4.69, 9.17) is 11.6 Å². The molecule has 0 fully saturated rings. The van der Waals surface area contributed by atoms with E-state index in [0.29, 0.717) is 16.8 Å². The number of nitrogens with zero attached hydrogens (tertiary/aromatic N) is 3. The molecule has 0 aliphatic heterocycles. The Morgan fingerprint density at radius 1 is 1.22 bits per heavy atom. The summed E-state index contributed by atoms with van der Waals surface area (Å²) in [4.78, 5) is 8.17. The van der Waals surface area contributed by atoms with E-state index in [1.54, 1.807) is 13.0 Å². The summed E-state index contributed by atoms with van der Waals surface area (Å²) in [5.41, 5.74) is 4.81. The Morgan fingerprint density at radius 2 is 1.94 bits per heavy atom. The molecular formula is C13H13ClN4. The zero-order chi connectivity index (χ0) is 13.0. The van der Waals surface area contributed by atoms with E-state index in [1.807, 2.05) is 37.3 Å². The van der Waals surface area contributed by atoms with Crippen LogP contribution in [0.1, 0.15) is 18.3 Å². The highest BCUT2D eigenvalue weighted by Crippen LogP contribution is 2.11. The van der Waals surface area contributed by atoms with Gasteiger partial charge in [0.1, 0.15) is 11.0 Å². The summed E-state index contributed by atoms with van der Waals surface area (Å²) in [5, 5.41) is 4.67. The van der Waals surface area contributed by atoms with E-state index in [2.05, 4.69) is 20.5 Å². The summed E-state index contributed by atoms with van der Waals surface area (Å²) in [6.45, 7) is 3.71. The van der Waals surface area contributed by atoms with Crippen molar-refractivity contribution in [2.24, 2.45) is 5.10 Å². The average Bonchev–Trinajstić information content (AvgIpc) is 2.36. The van der Waals surface area contributed by atoms with Crippen molar-refractivity contribution in [2.75, 3.05) is 5.43 Å². The molecular weight excluding hydrogens is 248 g/mol. The molecule has 18 heavy (non-hydrogen) atoms. The number of anilines is 1. The molecule has 0 saturated carbocycles. The summed E-state index contributed by atoms with van der Waals surface area (Å²) in [6.07, 6.45) is 0. The highest BCUT2D eigenvalue weighted by atomic mass is 35.5. The molecule has 1 heterocycles. The molecule has 4 nitrogen and oxygen atoms in total.